The molecule has 3 N–H and O–H groups in total. The Balaban J connectivity index is 3.85. The molecule has 0 unspecified atom stereocenters. The van der Waals surface area contributed by atoms with Crippen LogP contribution < -0.4 is 0 Å². The molecule has 0 spiro atoms. The number of hydrogen-bond acceptors (Lipinski definition) is 5. The molecule has 0 saturated heterocycles. The zero-order chi connectivity index (χ0) is 26.2. The minimum atomic E-state index is -1.07. The van der Waals surface area contributed by atoms with Gasteiger partial charge in [0.25, 0.3) is 0 Å². The summed E-state index contributed by atoms with van der Waals surface area (Å²) in [5.74, 6) is -3.03. The lowest BCUT2D eigenvalue weighted by atomic mass is 10.1. The van der Waals surface area contributed by atoms with E-state index in [0.717, 1.165) is 25.7 Å². The largest absolute Gasteiger partial charge is 0.480 e. The number of carboxylic acid groups (broad SMARTS) is 3. The average molecular weight is 499 g/mol. The summed E-state index contributed by atoms with van der Waals surface area (Å²) in [5, 5.41) is 27.0. The molecule has 0 aromatic heterocycles. The van der Waals surface area contributed by atoms with Gasteiger partial charge < -0.3 is 15.3 Å². The molecule has 0 saturated carbocycles. The van der Waals surface area contributed by atoms with Gasteiger partial charge in [0.2, 0.25) is 0 Å². The molecule has 0 aliphatic carbocycles. The van der Waals surface area contributed by atoms with Crippen molar-refractivity contribution < 1.29 is 29.7 Å². The minimum absolute atomic E-state index is 0.0526. The molecule has 0 aliphatic rings. The first kappa shape index (κ1) is 33.1. The third-order valence-corrected chi connectivity index (χ3v) is 6.01. The first-order valence-electron chi connectivity index (χ1n) is 13.6. The number of aliphatic carboxylic acids is 3. The summed E-state index contributed by atoms with van der Waals surface area (Å²) in [6.45, 7) is 3.03. The molecule has 8 heteroatoms. The van der Waals surface area contributed by atoms with Crippen LogP contribution in [0, 0.1) is 0 Å². The predicted molar refractivity (Wildman–Crippen MR) is 140 cm³/mol. The number of nitrogens with zero attached hydrogens (tertiary/aromatic N) is 2. The van der Waals surface area contributed by atoms with Gasteiger partial charge in [-0.15, -0.1) is 0 Å². The van der Waals surface area contributed by atoms with Gasteiger partial charge in [-0.25, -0.2) is 0 Å². The second-order valence-electron chi connectivity index (χ2n) is 9.46. The van der Waals surface area contributed by atoms with Crippen molar-refractivity contribution in [3.8, 4) is 0 Å². The van der Waals surface area contributed by atoms with E-state index in [2.05, 4.69) is 19.1 Å². The molecule has 0 rings (SSSR count). The summed E-state index contributed by atoms with van der Waals surface area (Å²) < 4.78 is 0. The highest BCUT2D eigenvalue weighted by Gasteiger charge is 2.15. The Bertz CT molecular complexity index is 566. The first-order valence-corrected chi connectivity index (χ1v) is 13.6. The van der Waals surface area contributed by atoms with Gasteiger partial charge in [0.15, 0.2) is 0 Å². The van der Waals surface area contributed by atoms with Gasteiger partial charge in [-0.1, -0.05) is 76.9 Å². The van der Waals surface area contributed by atoms with Gasteiger partial charge in [-0.05, 0) is 51.6 Å². The number of hydrogen-bond donors (Lipinski definition) is 3. The summed E-state index contributed by atoms with van der Waals surface area (Å²) in [7, 11) is 0. The maximum absolute atomic E-state index is 11.2. The lowest BCUT2D eigenvalue weighted by Crippen LogP contribution is -2.38. The van der Waals surface area contributed by atoms with E-state index in [0.29, 0.717) is 26.1 Å². The molecule has 0 aromatic rings. The number of carbonyl (C=O) groups is 3. The van der Waals surface area contributed by atoms with E-state index in [4.69, 9.17) is 15.3 Å². The first-order chi connectivity index (χ1) is 16.8. The van der Waals surface area contributed by atoms with Gasteiger partial charge in [0.1, 0.15) is 0 Å². The Morgan fingerprint density at radius 1 is 0.514 bits per heavy atom. The van der Waals surface area contributed by atoms with Crippen molar-refractivity contribution in [2.75, 3.05) is 39.3 Å². The maximum atomic E-state index is 11.2. The maximum Gasteiger partial charge on any atom is 0.317 e. The molecule has 8 nitrogen and oxygen atoms in total. The summed E-state index contributed by atoms with van der Waals surface area (Å²) in [6.07, 6.45) is 22.4. The zero-order valence-corrected chi connectivity index (χ0v) is 22.0. The van der Waals surface area contributed by atoms with Crippen molar-refractivity contribution in [3.63, 3.8) is 0 Å². The van der Waals surface area contributed by atoms with Crippen molar-refractivity contribution in [1.29, 1.82) is 0 Å². The van der Waals surface area contributed by atoms with Crippen LogP contribution in [0.25, 0.3) is 0 Å². The molecule has 35 heavy (non-hydrogen) atoms. The van der Waals surface area contributed by atoms with Crippen molar-refractivity contribution in [2.45, 2.75) is 103 Å². The molecule has 0 amide bonds. The molecule has 0 radical (unpaired) electrons. The van der Waals surface area contributed by atoms with E-state index in [-0.39, 0.29) is 19.6 Å². The van der Waals surface area contributed by atoms with Gasteiger partial charge in [0, 0.05) is 6.54 Å². The van der Waals surface area contributed by atoms with Gasteiger partial charge in [-0.2, -0.15) is 0 Å². The molecule has 0 bridgehead atoms. The second kappa shape index (κ2) is 23.8. The van der Waals surface area contributed by atoms with Crippen LogP contribution in [-0.4, -0.2) is 82.3 Å². The molecule has 0 fully saturated rings. The average Bonchev–Trinajstić information content (AvgIpc) is 2.77. The van der Waals surface area contributed by atoms with Crippen LogP contribution in [0.3, 0.4) is 0 Å². The third kappa shape index (κ3) is 25.0. The molecule has 0 aromatic carbocycles. The highest BCUT2D eigenvalue weighted by Crippen LogP contribution is 2.10. The van der Waals surface area contributed by atoms with Crippen molar-refractivity contribution in [3.05, 3.63) is 12.2 Å². The van der Waals surface area contributed by atoms with Crippen molar-refractivity contribution >= 4 is 17.9 Å². The Morgan fingerprint density at radius 2 is 0.886 bits per heavy atom. The van der Waals surface area contributed by atoms with Crippen LogP contribution in [0.1, 0.15) is 103 Å². The monoisotopic (exact) mass is 498 g/mol. The van der Waals surface area contributed by atoms with Crippen LogP contribution in [0.5, 0.6) is 0 Å². The summed E-state index contributed by atoms with van der Waals surface area (Å²) >= 11 is 0. The second-order valence-corrected chi connectivity index (χ2v) is 9.46. The Kier molecular flexibility index (Phi) is 22.5. The fourth-order valence-electron chi connectivity index (χ4n) is 4.16. The number of unbranched alkanes of at least 4 members (excludes halogenated alkanes) is 12. The zero-order valence-electron chi connectivity index (χ0n) is 22.0. The van der Waals surface area contributed by atoms with Gasteiger partial charge in [-0.3, -0.25) is 24.2 Å². The van der Waals surface area contributed by atoms with Gasteiger partial charge >= 0.3 is 17.9 Å². The van der Waals surface area contributed by atoms with E-state index >= 15 is 0 Å². The van der Waals surface area contributed by atoms with Crippen molar-refractivity contribution in [1.82, 2.24) is 9.80 Å². The number of allylic oxidation sites excluding steroid dienone is 2. The Morgan fingerprint density at radius 3 is 1.37 bits per heavy atom. The third-order valence-electron chi connectivity index (χ3n) is 6.01. The van der Waals surface area contributed by atoms with Crippen LogP contribution in [0.15, 0.2) is 12.2 Å². The molecule has 0 aliphatic heterocycles. The summed E-state index contributed by atoms with van der Waals surface area (Å²) in [5.41, 5.74) is 0. The van der Waals surface area contributed by atoms with E-state index in [1.54, 1.807) is 0 Å². The highest BCUT2D eigenvalue weighted by atomic mass is 16.4. The van der Waals surface area contributed by atoms with E-state index in [1.807, 2.05) is 4.90 Å². The lowest BCUT2D eigenvalue weighted by Gasteiger charge is -2.23. The normalized spacial score (nSPS) is 11.6. The highest BCUT2D eigenvalue weighted by molar-refractivity contribution is 5.72. The summed E-state index contributed by atoms with van der Waals surface area (Å²) in [4.78, 5) is 36.1. The van der Waals surface area contributed by atoms with Crippen LogP contribution in [-0.2, 0) is 14.4 Å². The summed E-state index contributed by atoms with van der Waals surface area (Å²) in [6, 6.07) is 0. The van der Waals surface area contributed by atoms with E-state index in [9.17, 15) is 14.4 Å². The fourth-order valence-corrected chi connectivity index (χ4v) is 4.16. The quantitative estimate of drug-likeness (QED) is 0.109. The molecular weight excluding hydrogens is 448 g/mol. The van der Waals surface area contributed by atoms with E-state index < -0.39 is 17.9 Å². The fraction of sp³-hybridized carbons (Fsp3) is 0.815. The predicted octanol–water partition coefficient (Wildman–Crippen LogP) is 5.27. The van der Waals surface area contributed by atoms with E-state index in [1.165, 1.54) is 69.1 Å². The van der Waals surface area contributed by atoms with Crippen LogP contribution in [0.2, 0.25) is 0 Å². The Labute approximate surface area is 212 Å². The number of carboxylic acids is 3. The van der Waals surface area contributed by atoms with Crippen LogP contribution in [0.4, 0.5) is 0 Å². The lowest BCUT2D eigenvalue weighted by molar-refractivity contribution is -0.142. The minimum Gasteiger partial charge on any atom is -0.480 e. The molecule has 0 heterocycles. The topological polar surface area (TPSA) is 118 Å². The smallest absolute Gasteiger partial charge is 0.317 e. The molecular formula is C27H50N2O6. The SMILES string of the molecule is CCCCCCCC/C=C\CCCCCCCCN(CCCN(CC(=O)O)CC(=O)O)CC(=O)O. The van der Waals surface area contributed by atoms with Crippen LogP contribution >= 0.6 is 0 Å². The van der Waals surface area contributed by atoms with Crippen molar-refractivity contribution in [2.24, 2.45) is 0 Å². The standard InChI is InChI=1S/C27H50N2O6/c1-2-3-4-5-6-7-8-9-10-11-12-13-14-15-16-17-19-28(22-25(30)31)20-18-21-29(23-26(32)33)24-27(34)35/h9-10H,2-8,11-24H2,1H3,(H,30,31)(H,32,33)(H,34,35)/b10-9-. The molecule has 204 valence electrons. The van der Waals surface area contributed by atoms with Gasteiger partial charge in [0.05, 0.1) is 19.6 Å². The Hall–Kier alpha value is -1.93. The number of rotatable bonds is 26. The molecule has 0 atom stereocenters.